The van der Waals surface area contributed by atoms with E-state index >= 15 is 0 Å². The summed E-state index contributed by atoms with van der Waals surface area (Å²) in [6.07, 6.45) is 0.789. The van der Waals surface area contributed by atoms with Gasteiger partial charge in [-0.15, -0.1) is 0 Å². The predicted octanol–water partition coefficient (Wildman–Crippen LogP) is 0.916. The van der Waals surface area contributed by atoms with Gasteiger partial charge in [-0.3, -0.25) is 0 Å². The molecule has 0 aliphatic carbocycles. The number of amides is 2. The Labute approximate surface area is 107 Å². The average Bonchev–Trinajstić information content (AvgIpc) is 2.75. The molecule has 1 rings (SSSR count). The van der Waals surface area contributed by atoms with Crippen molar-refractivity contribution in [3.05, 3.63) is 0 Å². The maximum absolute atomic E-state index is 12.0. The van der Waals surface area contributed by atoms with E-state index in [1.807, 2.05) is 0 Å². The number of hydrogen-bond acceptors (Lipinski definition) is 3. The number of nitrogens with zero attached hydrogens (tertiary/aromatic N) is 1. The van der Waals surface area contributed by atoms with Crippen molar-refractivity contribution in [3.8, 4) is 0 Å². The molecule has 0 radical (unpaired) electrons. The molecule has 0 spiro atoms. The molecule has 0 aromatic heterocycles. The highest BCUT2D eigenvalue weighted by molar-refractivity contribution is 5.83. The Morgan fingerprint density at radius 1 is 1.44 bits per heavy atom. The van der Waals surface area contributed by atoms with E-state index in [9.17, 15) is 9.59 Å². The predicted molar refractivity (Wildman–Crippen MR) is 66.4 cm³/mol. The average molecular weight is 258 g/mol. The molecular weight excluding hydrogens is 236 g/mol. The van der Waals surface area contributed by atoms with Gasteiger partial charge in [0.05, 0.1) is 12.6 Å². The first-order valence-electron chi connectivity index (χ1n) is 6.07. The number of carbonyl (C=O) groups excluding carboxylic acids is 1. The van der Waals surface area contributed by atoms with Crippen LogP contribution in [0.4, 0.5) is 4.79 Å². The van der Waals surface area contributed by atoms with Gasteiger partial charge in [-0.25, -0.2) is 9.59 Å². The van der Waals surface area contributed by atoms with Crippen LogP contribution in [0.3, 0.4) is 0 Å². The molecule has 0 aromatic rings. The van der Waals surface area contributed by atoms with E-state index in [0.717, 1.165) is 6.42 Å². The maximum Gasteiger partial charge on any atom is 0.326 e. The fraction of sp³-hybridized carbons (Fsp3) is 0.833. The van der Waals surface area contributed by atoms with Crippen molar-refractivity contribution in [2.75, 3.05) is 20.3 Å². The van der Waals surface area contributed by atoms with Crippen molar-refractivity contribution in [2.24, 2.45) is 5.41 Å². The first-order chi connectivity index (χ1) is 8.23. The molecular formula is C12H22N2O4. The van der Waals surface area contributed by atoms with Crippen molar-refractivity contribution in [3.63, 3.8) is 0 Å². The number of rotatable bonds is 3. The first kappa shape index (κ1) is 14.8. The highest BCUT2D eigenvalue weighted by atomic mass is 16.5. The summed E-state index contributed by atoms with van der Waals surface area (Å²) in [6, 6.07) is -1.25. The van der Waals surface area contributed by atoms with Crippen LogP contribution in [0.15, 0.2) is 0 Å². The minimum Gasteiger partial charge on any atom is -0.480 e. The van der Waals surface area contributed by atoms with Crippen LogP contribution in [0.2, 0.25) is 0 Å². The molecule has 6 heteroatoms. The molecule has 104 valence electrons. The van der Waals surface area contributed by atoms with Gasteiger partial charge in [0.1, 0.15) is 6.04 Å². The molecule has 1 fully saturated rings. The van der Waals surface area contributed by atoms with Gasteiger partial charge in [-0.1, -0.05) is 20.8 Å². The summed E-state index contributed by atoms with van der Waals surface area (Å²) in [5.41, 5.74) is -0.533. The zero-order valence-corrected chi connectivity index (χ0v) is 11.4. The molecule has 2 unspecified atom stereocenters. The van der Waals surface area contributed by atoms with Crippen molar-refractivity contribution < 1.29 is 19.4 Å². The van der Waals surface area contributed by atoms with E-state index in [1.165, 1.54) is 4.90 Å². The number of carboxylic acid groups (broad SMARTS) is 1. The third-order valence-electron chi connectivity index (χ3n) is 3.15. The Morgan fingerprint density at radius 2 is 2.06 bits per heavy atom. The molecule has 0 aromatic carbocycles. The lowest BCUT2D eigenvalue weighted by molar-refractivity contribution is -0.142. The maximum atomic E-state index is 12.0. The van der Waals surface area contributed by atoms with Crippen LogP contribution in [-0.2, 0) is 9.53 Å². The Kier molecular flexibility index (Phi) is 4.56. The second kappa shape index (κ2) is 5.56. The van der Waals surface area contributed by atoms with E-state index in [2.05, 4.69) is 5.32 Å². The van der Waals surface area contributed by atoms with E-state index < -0.39 is 17.4 Å². The van der Waals surface area contributed by atoms with Crippen molar-refractivity contribution >= 4 is 12.0 Å². The summed E-state index contributed by atoms with van der Waals surface area (Å²) in [5, 5.41) is 11.7. The Morgan fingerprint density at radius 3 is 2.44 bits per heavy atom. The van der Waals surface area contributed by atoms with Crippen LogP contribution in [-0.4, -0.2) is 54.4 Å². The zero-order valence-electron chi connectivity index (χ0n) is 11.4. The number of hydrogen-bond donors (Lipinski definition) is 2. The fourth-order valence-electron chi connectivity index (χ4n) is 1.87. The van der Waals surface area contributed by atoms with Gasteiger partial charge in [0, 0.05) is 13.7 Å². The second-order valence-electron chi connectivity index (χ2n) is 5.72. The van der Waals surface area contributed by atoms with Gasteiger partial charge in [0.25, 0.3) is 0 Å². The van der Waals surface area contributed by atoms with Crippen LogP contribution < -0.4 is 5.32 Å². The van der Waals surface area contributed by atoms with Crippen molar-refractivity contribution in [1.29, 1.82) is 0 Å². The Bertz CT molecular complexity index is 319. The SMILES string of the molecule is CN(C(=O)NC(C(=O)O)C(C)(C)C)C1CCOC1. The first-order valence-corrected chi connectivity index (χ1v) is 6.07. The molecule has 2 amide bonds. The van der Waals surface area contributed by atoms with E-state index in [4.69, 9.17) is 9.84 Å². The van der Waals surface area contributed by atoms with Gasteiger partial charge in [-0.2, -0.15) is 0 Å². The lowest BCUT2D eigenvalue weighted by atomic mass is 9.87. The smallest absolute Gasteiger partial charge is 0.326 e. The summed E-state index contributed by atoms with van der Waals surface area (Å²) in [7, 11) is 1.66. The number of ether oxygens (including phenoxy) is 1. The molecule has 1 saturated heterocycles. The summed E-state index contributed by atoms with van der Waals surface area (Å²) in [4.78, 5) is 24.7. The molecule has 0 bridgehead atoms. The molecule has 0 saturated carbocycles. The van der Waals surface area contributed by atoms with E-state index in [-0.39, 0.29) is 12.1 Å². The topological polar surface area (TPSA) is 78.9 Å². The van der Waals surface area contributed by atoms with Crippen LogP contribution in [0.1, 0.15) is 27.2 Å². The summed E-state index contributed by atoms with van der Waals surface area (Å²) >= 11 is 0. The number of nitrogens with one attached hydrogen (secondary N) is 1. The monoisotopic (exact) mass is 258 g/mol. The van der Waals surface area contributed by atoms with E-state index in [0.29, 0.717) is 13.2 Å². The zero-order chi connectivity index (χ0) is 13.9. The summed E-state index contributed by atoms with van der Waals surface area (Å²) in [5.74, 6) is -1.02. The van der Waals surface area contributed by atoms with Crippen LogP contribution in [0.5, 0.6) is 0 Å². The number of likely N-dealkylation sites (N-methyl/N-ethyl adjacent to an activating group) is 1. The minimum atomic E-state index is -1.02. The molecule has 1 heterocycles. The number of carboxylic acids is 1. The molecule has 1 aliphatic rings. The normalized spacial score (nSPS) is 21.4. The van der Waals surface area contributed by atoms with Gasteiger partial charge >= 0.3 is 12.0 Å². The highest BCUT2D eigenvalue weighted by Crippen LogP contribution is 2.20. The van der Waals surface area contributed by atoms with E-state index in [1.54, 1.807) is 27.8 Å². The lowest BCUT2D eigenvalue weighted by Crippen LogP contribution is -2.54. The number of aliphatic carboxylic acids is 1. The standard InChI is InChI=1S/C12H22N2O4/c1-12(2,3)9(10(15)16)13-11(17)14(4)8-5-6-18-7-8/h8-9H,5-7H2,1-4H3,(H,13,17)(H,15,16). The van der Waals surface area contributed by atoms with Gasteiger partial charge in [0.15, 0.2) is 0 Å². The highest BCUT2D eigenvalue weighted by Gasteiger charge is 2.34. The third-order valence-corrected chi connectivity index (χ3v) is 3.15. The largest absolute Gasteiger partial charge is 0.480 e. The van der Waals surface area contributed by atoms with Gasteiger partial charge < -0.3 is 20.1 Å². The Balaban J connectivity index is 2.63. The molecule has 18 heavy (non-hydrogen) atoms. The number of carbonyl (C=O) groups is 2. The molecule has 2 atom stereocenters. The van der Waals surface area contributed by atoms with Crippen LogP contribution in [0, 0.1) is 5.41 Å². The third kappa shape index (κ3) is 3.60. The molecule has 1 aliphatic heterocycles. The minimum absolute atomic E-state index is 0.0272. The van der Waals surface area contributed by atoms with Crippen LogP contribution >= 0.6 is 0 Å². The summed E-state index contributed by atoms with van der Waals surface area (Å²) in [6.45, 7) is 6.50. The number of urea groups is 1. The quantitative estimate of drug-likeness (QED) is 0.789. The van der Waals surface area contributed by atoms with Crippen molar-refractivity contribution in [2.45, 2.75) is 39.3 Å². The van der Waals surface area contributed by atoms with Gasteiger partial charge in [0.2, 0.25) is 0 Å². The lowest BCUT2D eigenvalue weighted by Gasteiger charge is -2.31. The van der Waals surface area contributed by atoms with Gasteiger partial charge in [-0.05, 0) is 11.8 Å². The van der Waals surface area contributed by atoms with Crippen LogP contribution in [0.25, 0.3) is 0 Å². The Hall–Kier alpha value is -1.30. The molecule has 2 N–H and O–H groups in total. The second-order valence-corrected chi connectivity index (χ2v) is 5.72. The fourth-order valence-corrected chi connectivity index (χ4v) is 1.87. The molecule has 6 nitrogen and oxygen atoms in total. The van der Waals surface area contributed by atoms with Crippen molar-refractivity contribution in [1.82, 2.24) is 10.2 Å². The summed E-state index contributed by atoms with van der Waals surface area (Å²) < 4.78 is 5.21.